The van der Waals surface area contributed by atoms with Crippen molar-refractivity contribution in [3.8, 4) is 23.0 Å². The molecule has 174 valence electrons. The quantitative estimate of drug-likeness (QED) is 0.478. The monoisotopic (exact) mass is 444 g/mol. The Bertz CT molecular complexity index is 900. The lowest BCUT2D eigenvalue weighted by atomic mass is 10.2. The molecule has 0 spiro atoms. The summed E-state index contributed by atoms with van der Waals surface area (Å²) in [5.41, 5.74) is 5.49. The first-order valence-corrected chi connectivity index (χ1v) is 10.8. The summed E-state index contributed by atoms with van der Waals surface area (Å²) in [5, 5.41) is 0. The molecule has 2 rings (SSSR count). The molecule has 0 radical (unpaired) electrons. The van der Waals surface area contributed by atoms with Crippen LogP contribution in [-0.2, 0) is 0 Å². The maximum absolute atomic E-state index is 12.6. The van der Waals surface area contributed by atoms with Gasteiger partial charge in [0.25, 0.3) is 11.8 Å². The van der Waals surface area contributed by atoms with Crippen LogP contribution in [-0.4, -0.2) is 38.7 Å². The van der Waals surface area contributed by atoms with Gasteiger partial charge in [0, 0.05) is 11.1 Å². The second kappa shape index (κ2) is 13.1. The summed E-state index contributed by atoms with van der Waals surface area (Å²) in [7, 11) is 1.50. The predicted molar refractivity (Wildman–Crippen MR) is 122 cm³/mol. The van der Waals surface area contributed by atoms with E-state index in [1.807, 2.05) is 20.8 Å². The van der Waals surface area contributed by atoms with Crippen molar-refractivity contribution in [1.29, 1.82) is 0 Å². The van der Waals surface area contributed by atoms with Crippen LogP contribution in [0.2, 0.25) is 0 Å². The van der Waals surface area contributed by atoms with Crippen LogP contribution in [0.4, 0.5) is 0 Å². The van der Waals surface area contributed by atoms with E-state index >= 15 is 0 Å². The maximum Gasteiger partial charge on any atom is 0.269 e. The summed E-state index contributed by atoms with van der Waals surface area (Å²) in [6.07, 6.45) is 2.54. The number of amides is 2. The fraction of sp³-hybridized carbons (Fsp3) is 0.417. The smallest absolute Gasteiger partial charge is 0.269 e. The lowest BCUT2D eigenvalue weighted by Crippen LogP contribution is -2.41. The molecule has 0 saturated carbocycles. The molecule has 0 aliphatic rings. The Morgan fingerprint density at radius 2 is 1.06 bits per heavy atom. The largest absolute Gasteiger partial charge is 0.493 e. The van der Waals surface area contributed by atoms with E-state index in [4.69, 9.17) is 18.9 Å². The van der Waals surface area contributed by atoms with Gasteiger partial charge in [-0.05, 0) is 55.7 Å². The van der Waals surface area contributed by atoms with Gasteiger partial charge in [-0.1, -0.05) is 20.8 Å². The molecule has 0 aliphatic carbocycles. The second-order valence-electron chi connectivity index (χ2n) is 6.98. The number of hydrogen-bond acceptors (Lipinski definition) is 6. The number of hydrazine groups is 1. The molecular weight excluding hydrogens is 412 g/mol. The van der Waals surface area contributed by atoms with E-state index in [-0.39, 0.29) is 0 Å². The van der Waals surface area contributed by atoms with Gasteiger partial charge in [-0.3, -0.25) is 20.4 Å². The normalized spacial score (nSPS) is 10.2. The predicted octanol–water partition coefficient (Wildman–Crippen LogP) is 4.14. The summed E-state index contributed by atoms with van der Waals surface area (Å²) in [6.45, 7) is 7.61. The number of methoxy groups -OCH3 is 1. The van der Waals surface area contributed by atoms with E-state index in [0.29, 0.717) is 53.9 Å². The van der Waals surface area contributed by atoms with Gasteiger partial charge in [-0.25, -0.2) is 0 Å². The molecule has 0 aliphatic heterocycles. The van der Waals surface area contributed by atoms with Crippen LogP contribution in [0.3, 0.4) is 0 Å². The Balaban J connectivity index is 2.05. The standard InChI is InChI=1S/C24H32N2O6/c1-5-12-30-19-10-8-17(15-21(19)29-4)23(27)25-26-24(28)18-9-11-20(31-13-6-2)22(16-18)32-14-7-3/h8-11,15-16H,5-7,12-14H2,1-4H3,(H,25,27)(H,26,28). The fourth-order valence-corrected chi connectivity index (χ4v) is 2.70. The van der Waals surface area contributed by atoms with Gasteiger partial charge in [0.15, 0.2) is 23.0 Å². The van der Waals surface area contributed by atoms with Crippen molar-refractivity contribution in [3.63, 3.8) is 0 Å². The number of rotatable bonds is 12. The minimum atomic E-state index is -0.482. The number of nitrogens with one attached hydrogen (secondary N) is 2. The third-order valence-electron chi connectivity index (χ3n) is 4.31. The SMILES string of the molecule is CCCOc1ccc(C(=O)NNC(=O)c2ccc(OCCC)c(OCCC)c2)cc1OC. The van der Waals surface area contributed by atoms with Crippen molar-refractivity contribution in [2.45, 2.75) is 40.0 Å². The molecule has 2 aromatic carbocycles. The second-order valence-corrected chi connectivity index (χ2v) is 6.98. The number of carbonyl (C=O) groups excluding carboxylic acids is 2. The molecular formula is C24H32N2O6. The van der Waals surface area contributed by atoms with Crippen LogP contribution in [0, 0.1) is 0 Å². The molecule has 0 aromatic heterocycles. The first-order valence-electron chi connectivity index (χ1n) is 10.8. The topological polar surface area (TPSA) is 95.1 Å². The fourth-order valence-electron chi connectivity index (χ4n) is 2.70. The van der Waals surface area contributed by atoms with Crippen molar-refractivity contribution in [3.05, 3.63) is 47.5 Å². The molecule has 2 aromatic rings. The molecule has 8 heteroatoms. The Morgan fingerprint density at radius 1 is 0.656 bits per heavy atom. The van der Waals surface area contributed by atoms with Crippen molar-refractivity contribution in [2.24, 2.45) is 0 Å². The Morgan fingerprint density at radius 3 is 1.50 bits per heavy atom. The van der Waals surface area contributed by atoms with E-state index in [2.05, 4.69) is 10.9 Å². The molecule has 32 heavy (non-hydrogen) atoms. The molecule has 0 atom stereocenters. The molecule has 0 fully saturated rings. The summed E-state index contributed by atoms with van der Waals surface area (Å²) in [4.78, 5) is 25.0. The van der Waals surface area contributed by atoms with Gasteiger partial charge in [-0.2, -0.15) is 0 Å². The van der Waals surface area contributed by atoms with Crippen LogP contribution >= 0.6 is 0 Å². The first-order chi connectivity index (χ1) is 15.5. The van der Waals surface area contributed by atoms with Crippen LogP contribution in [0.25, 0.3) is 0 Å². The summed E-state index contributed by atoms with van der Waals surface area (Å²) in [5.74, 6) is 1.11. The number of benzene rings is 2. The number of hydrogen-bond donors (Lipinski definition) is 2. The number of ether oxygens (including phenoxy) is 4. The minimum Gasteiger partial charge on any atom is -0.493 e. The molecule has 2 amide bonds. The van der Waals surface area contributed by atoms with Crippen molar-refractivity contribution < 1.29 is 28.5 Å². The first kappa shape index (κ1) is 24.8. The third kappa shape index (κ3) is 7.08. The Labute approximate surface area is 189 Å². The zero-order valence-electron chi connectivity index (χ0n) is 19.2. The van der Waals surface area contributed by atoms with Crippen molar-refractivity contribution in [2.75, 3.05) is 26.9 Å². The lowest BCUT2D eigenvalue weighted by Gasteiger charge is -2.14. The van der Waals surface area contributed by atoms with Crippen LogP contribution < -0.4 is 29.8 Å². The van der Waals surface area contributed by atoms with Crippen LogP contribution in [0.1, 0.15) is 60.7 Å². The van der Waals surface area contributed by atoms with Gasteiger partial charge in [0.1, 0.15) is 0 Å². The highest BCUT2D eigenvalue weighted by Crippen LogP contribution is 2.29. The highest BCUT2D eigenvalue weighted by atomic mass is 16.5. The lowest BCUT2D eigenvalue weighted by molar-refractivity contribution is 0.0846. The van der Waals surface area contributed by atoms with Gasteiger partial charge < -0.3 is 18.9 Å². The van der Waals surface area contributed by atoms with Crippen LogP contribution in [0.5, 0.6) is 23.0 Å². The highest BCUT2D eigenvalue weighted by Gasteiger charge is 2.15. The molecule has 0 unspecified atom stereocenters. The van der Waals surface area contributed by atoms with Gasteiger partial charge >= 0.3 is 0 Å². The number of carbonyl (C=O) groups is 2. The summed E-state index contributed by atoms with van der Waals surface area (Å²) >= 11 is 0. The van der Waals surface area contributed by atoms with Gasteiger partial charge in [0.05, 0.1) is 26.9 Å². The zero-order valence-corrected chi connectivity index (χ0v) is 19.2. The summed E-state index contributed by atoms with van der Waals surface area (Å²) in [6, 6.07) is 9.74. The third-order valence-corrected chi connectivity index (χ3v) is 4.31. The molecule has 8 nitrogen and oxygen atoms in total. The van der Waals surface area contributed by atoms with E-state index in [0.717, 1.165) is 19.3 Å². The average molecular weight is 445 g/mol. The van der Waals surface area contributed by atoms with Crippen molar-refractivity contribution >= 4 is 11.8 Å². The zero-order chi connectivity index (χ0) is 23.3. The van der Waals surface area contributed by atoms with E-state index in [9.17, 15) is 9.59 Å². The molecule has 0 bridgehead atoms. The van der Waals surface area contributed by atoms with Gasteiger partial charge in [0.2, 0.25) is 0 Å². The van der Waals surface area contributed by atoms with E-state index < -0.39 is 11.8 Å². The van der Waals surface area contributed by atoms with Crippen molar-refractivity contribution in [1.82, 2.24) is 10.9 Å². The molecule has 2 N–H and O–H groups in total. The maximum atomic E-state index is 12.6. The van der Waals surface area contributed by atoms with E-state index in [1.165, 1.54) is 7.11 Å². The van der Waals surface area contributed by atoms with E-state index in [1.54, 1.807) is 36.4 Å². The molecule has 0 saturated heterocycles. The van der Waals surface area contributed by atoms with Gasteiger partial charge in [-0.15, -0.1) is 0 Å². The molecule has 0 heterocycles. The van der Waals surface area contributed by atoms with Crippen LogP contribution in [0.15, 0.2) is 36.4 Å². The highest BCUT2D eigenvalue weighted by molar-refractivity contribution is 5.99. The average Bonchev–Trinajstić information content (AvgIpc) is 2.83. The Hall–Kier alpha value is -3.42. The summed E-state index contributed by atoms with van der Waals surface area (Å²) < 4.78 is 22.3. The Kier molecular flexibility index (Phi) is 10.2. The minimum absolute atomic E-state index is 0.321.